The molecule has 0 aliphatic heterocycles. The highest BCUT2D eigenvalue weighted by molar-refractivity contribution is 4.99. The van der Waals surface area contributed by atoms with Gasteiger partial charge in [0.05, 0.1) is 0 Å². The Kier molecular flexibility index (Phi) is 9.58. The lowest BCUT2D eigenvalue weighted by Crippen LogP contribution is -2.31. The van der Waals surface area contributed by atoms with Gasteiger partial charge in [-0.3, -0.25) is 0 Å². The zero-order chi connectivity index (χ0) is 16.5. The Balaban J connectivity index is 5.08. The molecule has 0 heterocycles. The molecule has 0 aromatic heterocycles. The van der Waals surface area contributed by atoms with Gasteiger partial charge in [0, 0.05) is 0 Å². The van der Waals surface area contributed by atoms with Gasteiger partial charge in [0.15, 0.2) is 0 Å². The van der Waals surface area contributed by atoms with Gasteiger partial charge >= 0.3 is 0 Å². The SMILES string of the molecule is C=C(C)CC(CC)(CCC)C(CC)CCC(C)(CC)CC. The number of allylic oxidation sites excluding steroid dienone is 1. The third kappa shape index (κ3) is 6.17. The van der Waals surface area contributed by atoms with Crippen LogP contribution in [-0.4, -0.2) is 0 Å². The molecule has 0 aliphatic rings. The van der Waals surface area contributed by atoms with E-state index >= 15 is 0 Å². The molecule has 0 heteroatoms. The van der Waals surface area contributed by atoms with Crippen molar-refractivity contribution in [3.63, 3.8) is 0 Å². The normalized spacial score (nSPS) is 16.5. The van der Waals surface area contributed by atoms with Crippen molar-refractivity contribution in [1.82, 2.24) is 0 Å². The summed E-state index contributed by atoms with van der Waals surface area (Å²) in [6, 6.07) is 0. The molecule has 0 rings (SSSR count). The molecule has 21 heavy (non-hydrogen) atoms. The molecule has 0 radical (unpaired) electrons. The van der Waals surface area contributed by atoms with Crippen LogP contribution in [0.2, 0.25) is 0 Å². The van der Waals surface area contributed by atoms with Crippen molar-refractivity contribution in [2.75, 3.05) is 0 Å². The summed E-state index contributed by atoms with van der Waals surface area (Å²) in [5.41, 5.74) is 2.41. The molecule has 0 nitrogen and oxygen atoms in total. The molecule has 0 fully saturated rings. The first kappa shape index (κ1) is 20.7. The lowest BCUT2D eigenvalue weighted by atomic mass is 9.63. The van der Waals surface area contributed by atoms with Crippen LogP contribution in [0.25, 0.3) is 0 Å². The second-order valence-electron chi connectivity index (χ2n) is 7.76. The summed E-state index contributed by atoms with van der Waals surface area (Å²) < 4.78 is 0. The number of rotatable bonds is 12. The van der Waals surface area contributed by atoms with Crippen molar-refractivity contribution < 1.29 is 0 Å². The molecular formula is C21H42. The standard InChI is InChI=1S/C21H42/c1-9-15-21(13-5,17-18(6)7)19(10-2)14-16-20(8,11-3)12-4/h19H,6,9-17H2,1-5,7-8H3. The zero-order valence-corrected chi connectivity index (χ0v) is 16.1. The summed E-state index contributed by atoms with van der Waals surface area (Å²) >= 11 is 0. The van der Waals surface area contributed by atoms with E-state index in [2.05, 4.69) is 55.0 Å². The number of hydrogen-bond acceptors (Lipinski definition) is 0. The fourth-order valence-corrected chi connectivity index (χ4v) is 4.20. The van der Waals surface area contributed by atoms with Gasteiger partial charge in [0.25, 0.3) is 0 Å². The van der Waals surface area contributed by atoms with Crippen molar-refractivity contribution >= 4 is 0 Å². The van der Waals surface area contributed by atoms with E-state index in [-0.39, 0.29) is 0 Å². The van der Waals surface area contributed by atoms with Crippen LogP contribution in [0.15, 0.2) is 12.2 Å². The van der Waals surface area contributed by atoms with E-state index in [1.807, 2.05) is 0 Å². The van der Waals surface area contributed by atoms with Crippen molar-refractivity contribution in [2.45, 2.75) is 106 Å². The molecule has 0 aromatic rings. The average molecular weight is 295 g/mol. The van der Waals surface area contributed by atoms with Crippen LogP contribution in [0.5, 0.6) is 0 Å². The van der Waals surface area contributed by atoms with Crippen molar-refractivity contribution in [1.29, 1.82) is 0 Å². The smallest absolute Gasteiger partial charge is 0.0235 e. The van der Waals surface area contributed by atoms with Gasteiger partial charge in [-0.1, -0.05) is 72.8 Å². The minimum Gasteiger partial charge on any atom is -0.100 e. The highest BCUT2D eigenvalue weighted by atomic mass is 14.4. The maximum Gasteiger partial charge on any atom is -0.0235 e. The minimum atomic E-state index is 0.498. The topological polar surface area (TPSA) is 0 Å². The van der Waals surface area contributed by atoms with Gasteiger partial charge < -0.3 is 0 Å². The maximum absolute atomic E-state index is 4.23. The van der Waals surface area contributed by atoms with Gasteiger partial charge in [0.2, 0.25) is 0 Å². The Hall–Kier alpha value is -0.260. The highest BCUT2D eigenvalue weighted by Gasteiger charge is 2.36. The molecule has 0 saturated carbocycles. The third-order valence-corrected chi connectivity index (χ3v) is 6.27. The Labute approximate surface area is 135 Å². The summed E-state index contributed by atoms with van der Waals surface area (Å²) in [6.07, 6.45) is 11.9. The molecule has 0 spiro atoms. The first-order valence-electron chi connectivity index (χ1n) is 9.47. The lowest BCUT2D eigenvalue weighted by Gasteiger charge is -2.42. The van der Waals surface area contributed by atoms with Gasteiger partial charge in [0.1, 0.15) is 0 Å². The summed E-state index contributed by atoms with van der Waals surface area (Å²) in [4.78, 5) is 0. The van der Waals surface area contributed by atoms with Crippen molar-refractivity contribution in [3.05, 3.63) is 12.2 Å². The maximum atomic E-state index is 4.23. The Morgan fingerprint density at radius 1 is 0.952 bits per heavy atom. The van der Waals surface area contributed by atoms with Crippen molar-refractivity contribution in [3.8, 4) is 0 Å². The Bertz CT molecular complexity index is 284. The second-order valence-corrected chi connectivity index (χ2v) is 7.76. The zero-order valence-electron chi connectivity index (χ0n) is 16.1. The Morgan fingerprint density at radius 3 is 1.86 bits per heavy atom. The molecular weight excluding hydrogens is 252 g/mol. The van der Waals surface area contributed by atoms with Gasteiger partial charge in [-0.2, -0.15) is 0 Å². The first-order chi connectivity index (χ1) is 9.82. The predicted octanol–water partition coefficient (Wildman–Crippen LogP) is 7.78. The minimum absolute atomic E-state index is 0.498. The van der Waals surface area contributed by atoms with E-state index in [0.29, 0.717) is 10.8 Å². The van der Waals surface area contributed by atoms with Crippen LogP contribution in [0.4, 0.5) is 0 Å². The van der Waals surface area contributed by atoms with Crippen LogP contribution in [0.1, 0.15) is 106 Å². The van der Waals surface area contributed by atoms with Crippen LogP contribution in [0, 0.1) is 16.7 Å². The molecule has 0 N–H and O–H groups in total. The van der Waals surface area contributed by atoms with E-state index < -0.39 is 0 Å². The molecule has 0 aromatic carbocycles. The fraction of sp³-hybridized carbons (Fsp3) is 0.905. The molecule has 0 saturated heterocycles. The number of hydrogen-bond donors (Lipinski definition) is 0. The highest BCUT2D eigenvalue weighted by Crippen LogP contribution is 2.47. The summed E-state index contributed by atoms with van der Waals surface area (Å²) in [7, 11) is 0. The van der Waals surface area contributed by atoms with E-state index in [1.54, 1.807) is 0 Å². The van der Waals surface area contributed by atoms with E-state index in [0.717, 1.165) is 5.92 Å². The van der Waals surface area contributed by atoms with E-state index in [4.69, 9.17) is 0 Å². The molecule has 0 aliphatic carbocycles. The molecule has 2 unspecified atom stereocenters. The molecule has 126 valence electrons. The summed E-state index contributed by atoms with van der Waals surface area (Å²) in [5.74, 6) is 0.858. The fourth-order valence-electron chi connectivity index (χ4n) is 4.20. The first-order valence-corrected chi connectivity index (χ1v) is 9.47. The largest absolute Gasteiger partial charge is 0.100 e. The average Bonchev–Trinajstić information content (AvgIpc) is 2.46. The van der Waals surface area contributed by atoms with Gasteiger partial charge in [-0.25, -0.2) is 0 Å². The quantitative estimate of drug-likeness (QED) is 0.322. The van der Waals surface area contributed by atoms with Crippen LogP contribution >= 0.6 is 0 Å². The van der Waals surface area contributed by atoms with Gasteiger partial charge in [-0.15, -0.1) is 6.58 Å². The van der Waals surface area contributed by atoms with E-state index in [1.165, 1.54) is 63.4 Å². The molecule has 0 bridgehead atoms. The Morgan fingerprint density at radius 2 is 1.52 bits per heavy atom. The van der Waals surface area contributed by atoms with Crippen LogP contribution < -0.4 is 0 Å². The summed E-state index contributed by atoms with van der Waals surface area (Å²) in [5, 5.41) is 0. The van der Waals surface area contributed by atoms with Crippen molar-refractivity contribution in [2.24, 2.45) is 16.7 Å². The van der Waals surface area contributed by atoms with E-state index in [9.17, 15) is 0 Å². The molecule has 0 amide bonds. The second kappa shape index (κ2) is 9.70. The monoisotopic (exact) mass is 294 g/mol. The van der Waals surface area contributed by atoms with Gasteiger partial charge in [-0.05, 0) is 55.8 Å². The lowest BCUT2D eigenvalue weighted by molar-refractivity contribution is 0.100. The summed E-state index contributed by atoms with van der Waals surface area (Å²) in [6.45, 7) is 20.8. The third-order valence-electron chi connectivity index (χ3n) is 6.27. The van der Waals surface area contributed by atoms with Crippen LogP contribution in [0.3, 0.4) is 0 Å². The molecule has 2 atom stereocenters. The predicted molar refractivity (Wildman–Crippen MR) is 98.8 cm³/mol. The van der Waals surface area contributed by atoms with Crippen LogP contribution in [-0.2, 0) is 0 Å².